The van der Waals surface area contributed by atoms with Gasteiger partial charge in [0.2, 0.25) is 0 Å². The molecule has 0 saturated heterocycles. The van der Waals surface area contributed by atoms with Crippen LogP contribution in [0.4, 0.5) is 0 Å². The largest absolute Gasteiger partial charge is 0.310 e. The van der Waals surface area contributed by atoms with Crippen molar-refractivity contribution < 1.29 is 8.42 Å². The van der Waals surface area contributed by atoms with Crippen LogP contribution in [-0.4, -0.2) is 45.0 Å². The second kappa shape index (κ2) is 7.76. The minimum atomic E-state index is -2.90. The molecular weight excluding hydrogens is 272 g/mol. The quantitative estimate of drug-likeness (QED) is 0.793. The van der Waals surface area contributed by atoms with Gasteiger partial charge in [-0.15, -0.1) is 0 Å². The van der Waals surface area contributed by atoms with E-state index < -0.39 is 9.84 Å². The molecule has 0 fully saturated rings. The van der Waals surface area contributed by atoms with Crippen molar-refractivity contribution in [1.82, 2.24) is 10.2 Å². The topological polar surface area (TPSA) is 49.4 Å². The molecule has 5 heteroatoms. The van der Waals surface area contributed by atoms with Crippen molar-refractivity contribution >= 4 is 9.84 Å². The summed E-state index contributed by atoms with van der Waals surface area (Å²) in [6.45, 7) is 6.42. The van der Waals surface area contributed by atoms with Crippen LogP contribution in [0.2, 0.25) is 0 Å². The van der Waals surface area contributed by atoms with Crippen LogP contribution in [0.5, 0.6) is 0 Å². The Bertz CT molecular complexity index is 512. The minimum absolute atomic E-state index is 0.204. The average Bonchev–Trinajstić information content (AvgIpc) is 2.34. The summed E-state index contributed by atoms with van der Waals surface area (Å²) in [7, 11) is -0.941. The summed E-state index contributed by atoms with van der Waals surface area (Å²) in [6.07, 6.45) is 1.28. The first kappa shape index (κ1) is 17.1. The second-order valence-corrected chi connectivity index (χ2v) is 7.93. The first-order valence-corrected chi connectivity index (χ1v) is 9.00. The molecule has 0 aliphatic heterocycles. The van der Waals surface area contributed by atoms with Gasteiger partial charge in [0, 0.05) is 31.9 Å². The molecule has 114 valence electrons. The fourth-order valence-corrected chi connectivity index (χ4v) is 2.53. The third-order valence-corrected chi connectivity index (χ3v) is 4.03. The molecule has 0 aliphatic rings. The van der Waals surface area contributed by atoms with Gasteiger partial charge in [-0.05, 0) is 18.2 Å². The molecule has 1 aromatic carbocycles. The summed E-state index contributed by atoms with van der Waals surface area (Å²) in [6, 6.07) is 8.74. The summed E-state index contributed by atoms with van der Waals surface area (Å²) in [4.78, 5) is 2.05. The molecule has 0 atom stereocenters. The predicted molar refractivity (Wildman–Crippen MR) is 84.5 cm³/mol. The van der Waals surface area contributed by atoms with Crippen molar-refractivity contribution in [3.05, 3.63) is 35.4 Å². The van der Waals surface area contributed by atoms with E-state index in [1.165, 1.54) is 17.4 Å². The lowest BCUT2D eigenvalue weighted by molar-refractivity contribution is 0.344. The fraction of sp³-hybridized carbons (Fsp3) is 0.600. The smallest absolute Gasteiger partial charge is 0.148 e. The van der Waals surface area contributed by atoms with E-state index in [0.29, 0.717) is 12.6 Å². The van der Waals surface area contributed by atoms with Crippen LogP contribution >= 0.6 is 0 Å². The van der Waals surface area contributed by atoms with E-state index in [4.69, 9.17) is 0 Å². The number of nitrogens with one attached hydrogen (secondary N) is 1. The fourth-order valence-electron chi connectivity index (χ4n) is 1.89. The van der Waals surface area contributed by atoms with Gasteiger partial charge in [0.15, 0.2) is 0 Å². The van der Waals surface area contributed by atoms with E-state index in [0.717, 1.165) is 13.1 Å². The molecular formula is C15H26N2O2S. The van der Waals surface area contributed by atoms with E-state index in [2.05, 4.69) is 36.2 Å². The highest BCUT2D eigenvalue weighted by molar-refractivity contribution is 7.90. The maximum Gasteiger partial charge on any atom is 0.148 e. The van der Waals surface area contributed by atoms with Crippen LogP contribution in [-0.2, 0) is 22.9 Å². The highest BCUT2D eigenvalue weighted by Crippen LogP contribution is 2.11. The van der Waals surface area contributed by atoms with Crippen LogP contribution in [0, 0.1) is 0 Å². The molecule has 0 aliphatic carbocycles. The zero-order valence-corrected chi connectivity index (χ0v) is 13.7. The SMILES string of the molecule is CC(C)NCc1ccccc1CN(C)CCS(C)(=O)=O. The van der Waals surface area contributed by atoms with Gasteiger partial charge in [0.1, 0.15) is 9.84 Å². The van der Waals surface area contributed by atoms with Crippen molar-refractivity contribution in [2.24, 2.45) is 0 Å². The number of hydrogen-bond acceptors (Lipinski definition) is 4. The number of rotatable bonds is 8. The Balaban J connectivity index is 2.62. The molecule has 0 unspecified atom stereocenters. The Labute approximate surface area is 123 Å². The Morgan fingerprint density at radius 2 is 1.80 bits per heavy atom. The van der Waals surface area contributed by atoms with Crippen molar-refractivity contribution in [1.29, 1.82) is 0 Å². The lowest BCUT2D eigenvalue weighted by Gasteiger charge is -2.19. The molecule has 0 radical (unpaired) electrons. The summed E-state index contributed by atoms with van der Waals surface area (Å²) in [5.41, 5.74) is 2.52. The van der Waals surface area contributed by atoms with Crippen molar-refractivity contribution in [3.63, 3.8) is 0 Å². The van der Waals surface area contributed by atoms with Gasteiger partial charge in [-0.25, -0.2) is 8.42 Å². The normalized spacial score (nSPS) is 12.3. The zero-order chi connectivity index (χ0) is 15.2. The lowest BCUT2D eigenvalue weighted by Crippen LogP contribution is -2.27. The molecule has 0 spiro atoms. The number of hydrogen-bond donors (Lipinski definition) is 1. The molecule has 4 nitrogen and oxygen atoms in total. The Morgan fingerprint density at radius 3 is 2.35 bits per heavy atom. The van der Waals surface area contributed by atoms with Gasteiger partial charge in [-0.1, -0.05) is 38.1 Å². The summed E-state index contributed by atoms with van der Waals surface area (Å²) < 4.78 is 22.4. The monoisotopic (exact) mass is 298 g/mol. The van der Waals surface area contributed by atoms with Crippen molar-refractivity contribution in [3.8, 4) is 0 Å². The van der Waals surface area contributed by atoms with Crippen molar-refractivity contribution in [2.75, 3.05) is 25.6 Å². The van der Waals surface area contributed by atoms with Crippen LogP contribution in [0.1, 0.15) is 25.0 Å². The molecule has 0 heterocycles. The van der Waals surface area contributed by atoms with E-state index in [1.807, 2.05) is 19.2 Å². The van der Waals surface area contributed by atoms with Crippen molar-refractivity contribution in [2.45, 2.75) is 33.0 Å². The van der Waals surface area contributed by atoms with E-state index >= 15 is 0 Å². The third kappa shape index (κ3) is 7.03. The molecule has 20 heavy (non-hydrogen) atoms. The second-order valence-electron chi connectivity index (χ2n) is 5.67. The van der Waals surface area contributed by atoms with E-state index in [-0.39, 0.29) is 5.75 Å². The zero-order valence-electron chi connectivity index (χ0n) is 12.9. The minimum Gasteiger partial charge on any atom is -0.310 e. The Hall–Kier alpha value is -0.910. The third-order valence-electron chi connectivity index (χ3n) is 3.10. The number of sulfone groups is 1. The summed E-state index contributed by atoms with van der Waals surface area (Å²) in [5, 5.41) is 3.42. The van der Waals surface area contributed by atoms with Gasteiger partial charge >= 0.3 is 0 Å². The van der Waals surface area contributed by atoms with Crippen LogP contribution in [0.3, 0.4) is 0 Å². The average molecular weight is 298 g/mol. The molecule has 1 rings (SSSR count). The number of benzene rings is 1. The standard InChI is InChI=1S/C15H26N2O2S/c1-13(2)16-11-14-7-5-6-8-15(14)12-17(3)9-10-20(4,18)19/h5-8,13,16H,9-12H2,1-4H3. The Kier molecular flexibility index (Phi) is 6.65. The Morgan fingerprint density at radius 1 is 1.20 bits per heavy atom. The van der Waals surface area contributed by atoms with Crippen LogP contribution in [0.15, 0.2) is 24.3 Å². The van der Waals surface area contributed by atoms with E-state index in [9.17, 15) is 8.42 Å². The van der Waals surface area contributed by atoms with Gasteiger partial charge in [0.05, 0.1) is 5.75 Å². The maximum atomic E-state index is 11.2. The van der Waals surface area contributed by atoms with Crippen LogP contribution < -0.4 is 5.32 Å². The molecule has 0 bridgehead atoms. The molecule has 1 aromatic rings. The predicted octanol–water partition coefficient (Wildman–Crippen LogP) is 1.66. The molecule has 1 N–H and O–H groups in total. The summed E-state index contributed by atoms with van der Waals surface area (Å²) >= 11 is 0. The maximum absolute atomic E-state index is 11.2. The number of nitrogens with zero attached hydrogens (tertiary/aromatic N) is 1. The molecule has 0 amide bonds. The van der Waals surface area contributed by atoms with Gasteiger partial charge < -0.3 is 10.2 Å². The van der Waals surface area contributed by atoms with Gasteiger partial charge in [0.25, 0.3) is 0 Å². The lowest BCUT2D eigenvalue weighted by atomic mass is 10.1. The van der Waals surface area contributed by atoms with Crippen LogP contribution in [0.25, 0.3) is 0 Å². The first-order valence-electron chi connectivity index (χ1n) is 6.94. The molecule has 0 saturated carbocycles. The van der Waals surface area contributed by atoms with E-state index in [1.54, 1.807) is 0 Å². The van der Waals surface area contributed by atoms with Gasteiger partial charge in [-0.3, -0.25) is 0 Å². The highest BCUT2D eigenvalue weighted by Gasteiger charge is 2.08. The molecule has 0 aromatic heterocycles. The first-order chi connectivity index (χ1) is 9.28. The van der Waals surface area contributed by atoms with Gasteiger partial charge in [-0.2, -0.15) is 0 Å². The summed E-state index contributed by atoms with van der Waals surface area (Å²) in [5.74, 6) is 0.204. The highest BCUT2D eigenvalue weighted by atomic mass is 32.2.